The van der Waals surface area contributed by atoms with Crippen LogP contribution in [0.3, 0.4) is 0 Å². The van der Waals surface area contributed by atoms with Crippen molar-refractivity contribution in [3.05, 3.63) is 11.6 Å². The first-order valence-electron chi connectivity index (χ1n) is 3.79. The smallest absolute Gasteiger partial charge is 0.0943 e. The molecule has 10 heavy (non-hydrogen) atoms. The Bertz CT molecular complexity index is 197. The van der Waals surface area contributed by atoms with E-state index in [4.69, 9.17) is 5.26 Å². The summed E-state index contributed by atoms with van der Waals surface area (Å²) in [5, 5.41) is 8.58. The van der Waals surface area contributed by atoms with Crippen LogP contribution in [0, 0.1) is 16.7 Å². The molecule has 1 unspecified atom stereocenters. The summed E-state index contributed by atoms with van der Waals surface area (Å²) < 4.78 is 0. The summed E-state index contributed by atoms with van der Waals surface area (Å²) in [6.45, 7) is 4.43. The Labute approximate surface area is 62.4 Å². The van der Waals surface area contributed by atoms with E-state index in [1.807, 2.05) is 0 Å². The molecule has 0 amide bonds. The number of nitriles is 1. The highest BCUT2D eigenvalue weighted by atomic mass is 14.3. The van der Waals surface area contributed by atoms with E-state index in [1.54, 1.807) is 0 Å². The van der Waals surface area contributed by atoms with Gasteiger partial charge in [-0.1, -0.05) is 26.3 Å². The van der Waals surface area contributed by atoms with Crippen LogP contribution in [0.25, 0.3) is 0 Å². The molecule has 0 radical (unpaired) electrons. The maximum atomic E-state index is 8.58. The van der Waals surface area contributed by atoms with E-state index in [9.17, 15) is 0 Å². The first-order valence-corrected chi connectivity index (χ1v) is 3.79. The van der Waals surface area contributed by atoms with Gasteiger partial charge in [0.25, 0.3) is 0 Å². The lowest BCUT2D eigenvalue weighted by molar-refractivity contribution is 0.335. The highest BCUT2D eigenvalue weighted by molar-refractivity contribution is 5.27. The Hall–Kier alpha value is -0.770. The molecule has 0 spiro atoms. The van der Waals surface area contributed by atoms with Crippen LogP contribution in [0.5, 0.6) is 0 Å². The molecule has 0 bridgehead atoms. The molecule has 0 saturated heterocycles. The molecule has 0 aromatic carbocycles. The lowest BCUT2D eigenvalue weighted by Crippen LogP contribution is -2.09. The highest BCUT2D eigenvalue weighted by Crippen LogP contribution is 2.39. The van der Waals surface area contributed by atoms with Crippen molar-refractivity contribution in [2.75, 3.05) is 0 Å². The van der Waals surface area contributed by atoms with Crippen LogP contribution in [0.4, 0.5) is 0 Å². The van der Waals surface area contributed by atoms with Crippen LogP contribution in [0.1, 0.15) is 33.1 Å². The van der Waals surface area contributed by atoms with E-state index in [2.05, 4.69) is 26.0 Å². The van der Waals surface area contributed by atoms with Gasteiger partial charge in [-0.05, 0) is 18.3 Å². The van der Waals surface area contributed by atoms with Crippen molar-refractivity contribution in [2.45, 2.75) is 33.1 Å². The van der Waals surface area contributed by atoms with Gasteiger partial charge in [-0.2, -0.15) is 5.26 Å². The number of hydrogen-bond donors (Lipinski definition) is 0. The molecule has 0 aromatic heterocycles. The van der Waals surface area contributed by atoms with E-state index >= 15 is 0 Å². The molecule has 1 aliphatic rings. The minimum Gasteiger partial charge on any atom is -0.193 e. The van der Waals surface area contributed by atoms with Crippen LogP contribution in [0.15, 0.2) is 11.6 Å². The molecule has 0 heterocycles. The fraction of sp³-hybridized carbons (Fsp3) is 0.667. The molecule has 0 aliphatic heterocycles. The van der Waals surface area contributed by atoms with Gasteiger partial charge >= 0.3 is 0 Å². The summed E-state index contributed by atoms with van der Waals surface area (Å²) in [5.74, 6) is 0. The molecule has 0 fully saturated rings. The summed E-state index contributed by atoms with van der Waals surface area (Å²) in [7, 11) is 0. The van der Waals surface area contributed by atoms with Crippen molar-refractivity contribution in [3.63, 3.8) is 0 Å². The van der Waals surface area contributed by atoms with Crippen molar-refractivity contribution in [1.29, 1.82) is 5.26 Å². The van der Waals surface area contributed by atoms with Gasteiger partial charge in [-0.3, -0.25) is 0 Å². The summed E-state index contributed by atoms with van der Waals surface area (Å²) in [5.41, 5.74) is 1.37. The van der Waals surface area contributed by atoms with Crippen LogP contribution >= 0.6 is 0 Å². The van der Waals surface area contributed by atoms with E-state index in [1.165, 1.54) is 6.42 Å². The normalized spacial score (nSPS) is 31.5. The van der Waals surface area contributed by atoms with Crippen LogP contribution in [0.2, 0.25) is 0 Å². The first-order chi connectivity index (χ1) is 4.70. The average molecular weight is 135 g/mol. The average Bonchev–Trinajstić information content (AvgIpc) is 2.33. The van der Waals surface area contributed by atoms with Crippen molar-refractivity contribution in [2.24, 2.45) is 5.41 Å². The highest BCUT2D eigenvalue weighted by Gasteiger charge is 2.27. The Balaban J connectivity index is 2.60. The lowest BCUT2D eigenvalue weighted by atomic mass is 9.84. The van der Waals surface area contributed by atoms with E-state index in [0.717, 1.165) is 18.4 Å². The molecular formula is C9H13N. The standard InChI is InChI=1S/C9H13N/c1-3-9(2)5-4-8(6-9)7-10/h4H,3,5-6H2,1-2H3. The third kappa shape index (κ3) is 1.21. The molecule has 0 aromatic rings. The van der Waals surface area contributed by atoms with Crippen LogP contribution < -0.4 is 0 Å². The van der Waals surface area contributed by atoms with Gasteiger partial charge in [-0.25, -0.2) is 0 Å². The van der Waals surface area contributed by atoms with Gasteiger partial charge < -0.3 is 0 Å². The van der Waals surface area contributed by atoms with Crippen LogP contribution in [-0.2, 0) is 0 Å². The SMILES string of the molecule is CCC1(C)CC=C(C#N)C1. The molecule has 1 aliphatic carbocycles. The van der Waals surface area contributed by atoms with Gasteiger partial charge in [0.1, 0.15) is 0 Å². The predicted octanol–water partition coefficient (Wildman–Crippen LogP) is 2.65. The molecule has 1 rings (SSSR count). The minimum atomic E-state index is 0.394. The number of hydrogen-bond acceptors (Lipinski definition) is 1. The van der Waals surface area contributed by atoms with Crippen molar-refractivity contribution in [3.8, 4) is 6.07 Å². The topological polar surface area (TPSA) is 23.8 Å². The fourth-order valence-corrected chi connectivity index (χ4v) is 1.33. The Morgan fingerprint density at radius 3 is 2.80 bits per heavy atom. The number of allylic oxidation sites excluding steroid dienone is 2. The molecule has 0 saturated carbocycles. The zero-order valence-corrected chi connectivity index (χ0v) is 6.65. The molecule has 0 N–H and O–H groups in total. The summed E-state index contributed by atoms with van der Waals surface area (Å²) in [6, 6.07) is 2.21. The lowest BCUT2D eigenvalue weighted by Gasteiger charge is -2.20. The second-order valence-corrected chi connectivity index (χ2v) is 3.39. The Morgan fingerprint density at radius 2 is 2.50 bits per heavy atom. The maximum Gasteiger partial charge on any atom is 0.0943 e. The zero-order valence-electron chi connectivity index (χ0n) is 6.65. The van der Waals surface area contributed by atoms with Gasteiger partial charge in [0, 0.05) is 5.57 Å². The molecular weight excluding hydrogens is 122 g/mol. The van der Waals surface area contributed by atoms with E-state index in [0.29, 0.717) is 5.41 Å². The molecule has 54 valence electrons. The van der Waals surface area contributed by atoms with Gasteiger partial charge in [0.15, 0.2) is 0 Å². The monoisotopic (exact) mass is 135 g/mol. The third-order valence-corrected chi connectivity index (χ3v) is 2.46. The van der Waals surface area contributed by atoms with Crippen molar-refractivity contribution in [1.82, 2.24) is 0 Å². The number of rotatable bonds is 1. The quantitative estimate of drug-likeness (QED) is 0.542. The molecule has 1 heteroatoms. The summed E-state index contributed by atoms with van der Waals surface area (Å²) >= 11 is 0. The molecule has 1 nitrogen and oxygen atoms in total. The van der Waals surface area contributed by atoms with E-state index in [-0.39, 0.29) is 0 Å². The minimum absolute atomic E-state index is 0.394. The predicted molar refractivity (Wildman–Crippen MR) is 41.3 cm³/mol. The van der Waals surface area contributed by atoms with Crippen LogP contribution in [-0.4, -0.2) is 0 Å². The zero-order chi connectivity index (χ0) is 7.61. The maximum absolute atomic E-state index is 8.58. The second kappa shape index (κ2) is 2.46. The van der Waals surface area contributed by atoms with Crippen molar-refractivity contribution < 1.29 is 0 Å². The van der Waals surface area contributed by atoms with Gasteiger partial charge in [0.05, 0.1) is 6.07 Å². The first kappa shape index (κ1) is 7.34. The Morgan fingerprint density at radius 1 is 1.80 bits per heavy atom. The third-order valence-electron chi connectivity index (χ3n) is 2.46. The second-order valence-electron chi connectivity index (χ2n) is 3.39. The van der Waals surface area contributed by atoms with Crippen molar-refractivity contribution >= 4 is 0 Å². The Kier molecular flexibility index (Phi) is 1.80. The summed E-state index contributed by atoms with van der Waals surface area (Å²) in [4.78, 5) is 0. The summed E-state index contributed by atoms with van der Waals surface area (Å²) in [6.07, 6.45) is 5.32. The number of nitrogens with zero attached hydrogens (tertiary/aromatic N) is 1. The van der Waals surface area contributed by atoms with Gasteiger partial charge in [-0.15, -0.1) is 0 Å². The largest absolute Gasteiger partial charge is 0.193 e. The molecule has 1 atom stereocenters. The van der Waals surface area contributed by atoms with Gasteiger partial charge in [0.2, 0.25) is 0 Å². The van der Waals surface area contributed by atoms with E-state index < -0.39 is 0 Å². The fourth-order valence-electron chi connectivity index (χ4n) is 1.33.